The van der Waals surface area contributed by atoms with E-state index < -0.39 is 0 Å². The van der Waals surface area contributed by atoms with Gasteiger partial charge in [-0.25, -0.2) is 9.97 Å². The van der Waals surface area contributed by atoms with Gasteiger partial charge in [-0.05, 0) is 30.7 Å². The van der Waals surface area contributed by atoms with Gasteiger partial charge in [-0.1, -0.05) is 30.3 Å². The number of nitrogens with zero attached hydrogens (tertiary/aromatic N) is 3. The van der Waals surface area contributed by atoms with Crippen LogP contribution in [0.15, 0.2) is 67.0 Å². The summed E-state index contributed by atoms with van der Waals surface area (Å²) in [5, 5.41) is 6.06. The molecule has 6 nitrogen and oxygen atoms in total. The average Bonchev–Trinajstić information content (AvgIpc) is 3.19. The van der Waals surface area contributed by atoms with Crippen LogP contribution in [0.5, 0.6) is 0 Å². The van der Waals surface area contributed by atoms with Crippen molar-refractivity contribution in [3.63, 3.8) is 0 Å². The predicted octanol–water partition coefficient (Wildman–Crippen LogP) is 2.82. The fourth-order valence-electron chi connectivity index (χ4n) is 2.43. The monoisotopic (exact) mass is 347 g/mol. The minimum atomic E-state index is -0.123. The van der Waals surface area contributed by atoms with Gasteiger partial charge in [0.1, 0.15) is 17.5 Å². The van der Waals surface area contributed by atoms with Crippen molar-refractivity contribution < 1.29 is 4.79 Å². The summed E-state index contributed by atoms with van der Waals surface area (Å²) in [6.07, 6.45) is 7.20. The number of rotatable bonds is 7. The molecule has 1 aromatic carbocycles. The summed E-state index contributed by atoms with van der Waals surface area (Å²) >= 11 is 0. The molecule has 0 aliphatic carbocycles. The lowest BCUT2D eigenvalue weighted by molar-refractivity contribution is -0.116. The van der Waals surface area contributed by atoms with Crippen LogP contribution in [0, 0.1) is 6.92 Å². The molecule has 0 spiro atoms. The lowest BCUT2D eigenvalue weighted by atomic mass is 10.2. The third-order valence-corrected chi connectivity index (χ3v) is 3.65. The van der Waals surface area contributed by atoms with E-state index in [1.54, 1.807) is 6.08 Å². The number of benzene rings is 1. The van der Waals surface area contributed by atoms with Crippen LogP contribution in [0.1, 0.15) is 11.4 Å². The Morgan fingerprint density at radius 3 is 2.62 bits per heavy atom. The number of hydrogen-bond acceptors (Lipinski definition) is 4. The molecule has 0 radical (unpaired) electrons. The van der Waals surface area contributed by atoms with Crippen molar-refractivity contribution in [2.45, 2.75) is 6.92 Å². The topological polar surface area (TPSA) is 71.8 Å². The summed E-state index contributed by atoms with van der Waals surface area (Å²) in [5.41, 5.74) is 0.995. The van der Waals surface area contributed by atoms with Crippen molar-refractivity contribution in [3.05, 3.63) is 78.4 Å². The standard InChI is InChI=1S/C20H21N5O/c1-16-23-18(15-19(24-16)25-13-5-6-14-25)21-11-12-22-20(26)10-9-17-7-3-2-4-8-17/h2-10,13-15H,11-12H2,1H3,(H,22,26)(H,21,23,24)/b10-9+. The van der Waals surface area contributed by atoms with Crippen LogP contribution in [-0.2, 0) is 4.79 Å². The lowest BCUT2D eigenvalue weighted by Gasteiger charge is -2.09. The Morgan fingerprint density at radius 2 is 1.85 bits per heavy atom. The molecule has 132 valence electrons. The molecule has 6 heteroatoms. The van der Waals surface area contributed by atoms with Gasteiger partial charge in [-0.2, -0.15) is 0 Å². The van der Waals surface area contributed by atoms with E-state index in [-0.39, 0.29) is 5.91 Å². The number of carbonyl (C=O) groups is 1. The summed E-state index contributed by atoms with van der Waals surface area (Å²) in [5.74, 6) is 2.10. The number of aromatic nitrogens is 3. The SMILES string of the molecule is Cc1nc(NCCNC(=O)/C=C/c2ccccc2)cc(-n2cccc2)n1. The van der Waals surface area contributed by atoms with Gasteiger partial charge in [-0.3, -0.25) is 4.79 Å². The number of hydrogen-bond donors (Lipinski definition) is 2. The lowest BCUT2D eigenvalue weighted by Crippen LogP contribution is -2.27. The number of anilines is 1. The van der Waals surface area contributed by atoms with Crippen molar-refractivity contribution in [1.82, 2.24) is 19.9 Å². The Kier molecular flexibility index (Phi) is 5.77. The Labute approximate surface area is 152 Å². The first-order chi connectivity index (χ1) is 12.7. The Bertz CT molecular complexity index is 872. The van der Waals surface area contributed by atoms with Crippen molar-refractivity contribution in [2.24, 2.45) is 0 Å². The second kappa shape index (κ2) is 8.62. The minimum absolute atomic E-state index is 0.123. The summed E-state index contributed by atoms with van der Waals surface area (Å²) in [6, 6.07) is 15.5. The molecule has 0 saturated carbocycles. The Hall–Kier alpha value is -3.41. The molecule has 0 atom stereocenters. The van der Waals surface area contributed by atoms with Gasteiger partial charge in [-0.15, -0.1) is 0 Å². The van der Waals surface area contributed by atoms with Gasteiger partial charge in [0.05, 0.1) is 0 Å². The van der Waals surface area contributed by atoms with Crippen LogP contribution < -0.4 is 10.6 Å². The molecule has 0 aliphatic heterocycles. The summed E-state index contributed by atoms with van der Waals surface area (Å²) in [6.45, 7) is 2.93. The summed E-state index contributed by atoms with van der Waals surface area (Å²) in [4.78, 5) is 20.6. The zero-order chi connectivity index (χ0) is 18.2. The molecule has 1 amide bonds. The fourth-order valence-corrected chi connectivity index (χ4v) is 2.43. The first kappa shape index (κ1) is 17.4. The maximum absolute atomic E-state index is 11.8. The number of amides is 1. The van der Waals surface area contributed by atoms with E-state index in [2.05, 4.69) is 20.6 Å². The van der Waals surface area contributed by atoms with Crippen LogP contribution >= 0.6 is 0 Å². The van der Waals surface area contributed by atoms with Gasteiger partial charge in [0, 0.05) is 37.6 Å². The van der Waals surface area contributed by atoms with E-state index in [0.29, 0.717) is 18.9 Å². The zero-order valence-electron chi connectivity index (χ0n) is 14.6. The molecule has 3 aromatic rings. The van der Waals surface area contributed by atoms with Crippen molar-refractivity contribution in [3.8, 4) is 5.82 Å². The highest BCUT2D eigenvalue weighted by Gasteiger charge is 2.03. The molecule has 2 aromatic heterocycles. The highest BCUT2D eigenvalue weighted by Crippen LogP contribution is 2.11. The number of carbonyl (C=O) groups excluding carboxylic acids is 1. The van der Waals surface area contributed by atoms with Gasteiger partial charge in [0.15, 0.2) is 0 Å². The molecule has 0 bridgehead atoms. The molecule has 2 heterocycles. The maximum Gasteiger partial charge on any atom is 0.244 e. The molecule has 0 fully saturated rings. The second-order valence-corrected chi connectivity index (χ2v) is 5.71. The normalized spacial score (nSPS) is 10.8. The molecule has 0 aliphatic rings. The third kappa shape index (κ3) is 5.04. The van der Waals surface area contributed by atoms with E-state index in [0.717, 1.165) is 17.2 Å². The van der Waals surface area contributed by atoms with E-state index in [9.17, 15) is 4.79 Å². The molecular weight excluding hydrogens is 326 g/mol. The van der Waals surface area contributed by atoms with E-state index in [1.807, 2.05) is 72.4 Å². The van der Waals surface area contributed by atoms with Crippen molar-refractivity contribution >= 4 is 17.8 Å². The van der Waals surface area contributed by atoms with Crippen molar-refractivity contribution in [2.75, 3.05) is 18.4 Å². The van der Waals surface area contributed by atoms with Crippen molar-refractivity contribution in [1.29, 1.82) is 0 Å². The van der Waals surface area contributed by atoms with Gasteiger partial charge in [0.2, 0.25) is 5.91 Å². The smallest absolute Gasteiger partial charge is 0.244 e. The molecule has 3 rings (SSSR count). The van der Waals surface area contributed by atoms with Crippen LogP contribution in [0.25, 0.3) is 11.9 Å². The molecular formula is C20H21N5O. The number of nitrogens with one attached hydrogen (secondary N) is 2. The van der Waals surface area contributed by atoms with Crippen LogP contribution in [0.4, 0.5) is 5.82 Å². The van der Waals surface area contributed by atoms with Crippen LogP contribution in [-0.4, -0.2) is 33.5 Å². The summed E-state index contributed by atoms with van der Waals surface area (Å²) in [7, 11) is 0. The fraction of sp³-hybridized carbons (Fsp3) is 0.150. The zero-order valence-corrected chi connectivity index (χ0v) is 14.6. The average molecular weight is 347 g/mol. The number of aryl methyl sites for hydroxylation is 1. The third-order valence-electron chi connectivity index (χ3n) is 3.65. The quantitative estimate of drug-likeness (QED) is 0.509. The van der Waals surface area contributed by atoms with Crippen LogP contribution in [0.3, 0.4) is 0 Å². The first-order valence-electron chi connectivity index (χ1n) is 8.44. The highest BCUT2D eigenvalue weighted by atomic mass is 16.1. The predicted molar refractivity (Wildman–Crippen MR) is 103 cm³/mol. The van der Waals surface area contributed by atoms with E-state index >= 15 is 0 Å². The highest BCUT2D eigenvalue weighted by molar-refractivity contribution is 5.91. The molecule has 0 saturated heterocycles. The van der Waals surface area contributed by atoms with Gasteiger partial charge >= 0.3 is 0 Å². The van der Waals surface area contributed by atoms with Gasteiger partial charge in [0.25, 0.3) is 0 Å². The van der Waals surface area contributed by atoms with E-state index in [1.165, 1.54) is 6.08 Å². The summed E-state index contributed by atoms with van der Waals surface area (Å²) < 4.78 is 1.93. The second-order valence-electron chi connectivity index (χ2n) is 5.71. The van der Waals surface area contributed by atoms with Crippen LogP contribution in [0.2, 0.25) is 0 Å². The first-order valence-corrected chi connectivity index (χ1v) is 8.44. The van der Waals surface area contributed by atoms with E-state index in [4.69, 9.17) is 0 Å². The Balaban J connectivity index is 1.48. The van der Waals surface area contributed by atoms with Gasteiger partial charge < -0.3 is 15.2 Å². The molecule has 26 heavy (non-hydrogen) atoms. The maximum atomic E-state index is 11.8. The minimum Gasteiger partial charge on any atom is -0.368 e. The molecule has 2 N–H and O–H groups in total. The Morgan fingerprint density at radius 1 is 1.08 bits per heavy atom. The largest absolute Gasteiger partial charge is 0.368 e. The molecule has 0 unspecified atom stereocenters.